The van der Waals surface area contributed by atoms with Crippen molar-refractivity contribution in [3.63, 3.8) is 0 Å². The zero-order valence-electron chi connectivity index (χ0n) is 10.3. The van der Waals surface area contributed by atoms with Crippen molar-refractivity contribution in [2.75, 3.05) is 27.2 Å². The summed E-state index contributed by atoms with van der Waals surface area (Å²) >= 11 is 0. The average molecular weight is 228 g/mol. The van der Waals surface area contributed by atoms with Crippen LogP contribution in [0.3, 0.4) is 0 Å². The Morgan fingerprint density at radius 1 is 0.812 bits per heavy atom. The molecular formula is C10H24N6. The molecule has 0 unspecified atom stereocenters. The lowest BCUT2D eigenvalue weighted by atomic mass is 10.2. The van der Waals surface area contributed by atoms with Crippen LogP contribution in [0.25, 0.3) is 0 Å². The molecule has 0 aromatic rings. The first-order valence-corrected chi connectivity index (χ1v) is 5.55. The van der Waals surface area contributed by atoms with E-state index in [0.29, 0.717) is 0 Å². The third kappa shape index (κ3) is 6.92. The fraction of sp³-hybridized carbons (Fsp3) is 0.800. The normalized spacial score (nSPS) is 9.88. The predicted molar refractivity (Wildman–Crippen MR) is 67.6 cm³/mol. The highest BCUT2D eigenvalue weighted by atomic mass is 15.2. The first kappa shape index (κ1) is 14.5. The number of hydrogen-bond acceptors (Lipinski definition) is 2. The van der Waals surface area contributed by atoms with E-state index in [4.69, 9.17) is 22.3 Å². The lowest BCUT2D eigenvalue weighted by Gasteiger charge is -2.17. The van der Waals surface area contributed by atoms with Gasteiger partial charge >= 0.3 is 0 Å². The van der Waals surface area contributed by atoms with Gasteiger partial charge in [-0.15, -0.1) is 0 Å². The smallest absolute Gasteiger partial charge is 0.188 e. The highest BCUT2D eigenvalue weighted by molar-refractivity contribution is 5.74. The summed E-state index contributed by atoms with van der Waals surface area (Å²) in [5, 5.41) is 14.4. The standard InChI is InChI=1S/C10H24N6/c1-15(9(11)12)7-5-3-4-6-8-16(2)10(13)14/h3-8H2,1-2H3,(H3,11,12)(H3,13,14). The number of nitrogens with zero attached hydrogens (tertiary/aromatic N) is 2. The highest BCUT2D eigenvalue weighted by Gasteiger charge is 2.00. The van der Waals surface area contributed by atoms with E-state index in [1.807, 2.05) is 14.1 Å². The molecule has 94 valence electrons. The molecule has 6 nitrogen and oxygen atoms in total. The van der Waals surface area contributed by atoms with Crippen LogP contribution in [0.5, 0.6) is 0 Å². The molecular weight excluding hydrogens is 204 g/mol. The molecule has 6 heteroatoms. The molecule has 0 bridgehead atoms. The SMILES string of the molecule is CN(CCCCCCN(C)C(=N)N)C(=N)N. The zero-order valence-corrected chi connectivity index (χ0v) is 10.3. The second kappa shape index (κ2) is 7.78. The summed E-state index contributed by atoms with van der Waals surface area (Å²) in [5.41, 5.74) is 10.6. The second-order valence-corrected chi connectivity index (χ2v) is 4.03. The van der Waals surface area contributed by atoms with Gasteiger partial charge in [-0.05, 0) is 12.8 Å². The molecule has 0 aromatic carbocycles. The summed E-state index contributed by atoms with van der Waals surface area (Å²) < 4.78 is 0. The molecule has 0 aliphatic heterocycles. The first-order valence-electron chi connectivity index (χ1n) is 5.55. The van der Waals surface area contributed by atoms with Crippen molar-refractivity contribution in [3.8, 4) is 0 Å². The van der Waals surface area contributed by atoms with E-state index < -0.39 is 0 Å². The topological polar surface area (TPSA) is 106 Å². The fourth-order valence-electron chi connectivity index (χ4n) is 1.29. The Labute approximate surface area is 97.6 Å². The molecule has 0 atom stereocenters. The molecule has 16 heavy (non-hydrogen) atoms. The molecule has 0 saturated carbocycles. The lowest BCUT2D eigenvalue weighted by molar-refractivity contribution is 0.436. The van der Waals surface area contributed by atoms with Gasteiger partial charge < -0.3 is 21.3 Å². The number of nitrogens with one attached hydrogen (secondary N) is 2. The number of hydrogen-bond donors (Lipinski definition) is 4. The molecule has 0 radical (unpaired) electrons. The Hall–Kier alpha value is -1.46. The monoisotopic (exact) mass is 228 g/mol. The van der Waals surface area contributed by atoms with Crippen molar-refractivity contribution in [1.82, 2.24) is 9.80 Å². The van der Waals surface area contributed by atoms with Crippen molar-refractivity contribution in [2.24, 2.45) is 11.5 Å². The van der Waals surface area contributed by atoms with Crippen molar-refractivity contribution in [3.05, 3.63) is 0 Å². The molecule has 0 aromatic heterocycles. The minimum Gasteiger partial charge on any atom is -0.370 e. The summed E-state index contributed by atoms with van der Waals surface area (Å²) in [6.45, 7) is 1.66. The molecule has 0 heterocycles. The second-order valence-electron chi connectivity index (χ2n) is 4.03. The maximum atomic E-state index is 7.18. The average Bonchev–Trinajstić information content (AvgIpc) is 2.21. The Morgan fingerprint density at radius 2 is 1.12 bits per heavy atom. The lowest BCUT2D eigenvalue weighted by Crippen LogP contribution is -2.34. The van der Waals surface area contributed by atoms with E-state index >= 15 is 0 Å². The fourth-order valence-corrected chi connectivity index (χ4v) is 1.29. The van der Waals surface area contributed by atoms with Gasteiger partial charge in [-0.1, -0.05) is 12.8 Å². The van der Waals surface area contributed by atoms with Gasteiger partial charge in [-0.25, -0.2) is 0 Å². The highest BCUT2D eigenvalue weighted by Crippen LogP contribution is 2.01. The van der Waals surface area contributed by atoms with Gasteiger partial charge in [0, 0.05) is 27.2 Å². The van der Waals surface area contributed by atoms with E-state index in [2.05, 4.69) is 0 Å². The first-order chi connectivity index (χ1) is 7.45. The van der Waals surface area contributed by atoms with Crippen LogP contribution >= 0.6 is 0 Å². The summed E-state index contributed by atoms with van der Waals surface area (Å²) in [6, 6.07) is 0. The van der Waals surface area contributed by atoms with Crippen molar-refractivity contribution >= 4 is 11.9 Å². The molecule has 0 rings (SSSR count). The third-order valence-corrected chi connectivity index (χ3v) is 2.56. The van der Waals surface area contributed by atoms with Gasteiger partial charge in [0.2, 0.25) is 0 Å². The Balaban J connectivity index is 3.34. The summed E-state index contributed by atoms with van der Waals surface area (Å²) in [6.07, 6.45) is 4.31. The van der Waals surface area contributed by atoms with Gasteiger partial charge in [0.25, 0.3) is 0 Å². The summed E-state index contributed by atoms with van der Waals surface area (Å²) in [7, 11) is 3.65. The van der Waals surface area contributed by atoms with Crippen LogP contribution in [0.2, 0.25) is 0 Å². The number of unbranched alkanes of at least 4 members (excludes halogenated alkanes) is 3. The molecule has 0 saturated heterocycles. The summed E-state index contributed by atoms with van der Waals surface area (Å²) in [5.74, 6) is 0.243. The Kier molecular flexibility index (Phi) is 7.07. The van der Waals surface area contributed by atoms with Gasteiger partial charge in [0.05, 0.1) is 0 Å². The summed E-state index contributed by atoms with van der Waals surface area (Å²) in [4.78, 5) is 3.48. The molecule has 0 amide bonds. The van der Waals surface area contributed by atoms with Crippen LogP contribution in [0.15, 0.2) is 0 Å². The van der Waals surface area contributed by atoms with Crippen LogP contribution in [-0.2, 0) is 0 Å². The van der Waals surface area contributed by atoms with Crippen LogP contribution in [0.4, 0.5) is 0 Å². The Bertz CT molecular complexity index is 203. The number of rotatable bonds is 7. The third-order valence-electron chi connectivity index (χ3n) is 2.56. The van der Waals surface area contributed by atoms with Crippen molar-refractivity contribution < 1.29 is 0 Å². The maximum Gasteiger partial charge on any atom is 0.188 e. The molecule has 0 aliphatic carbocycles. The molecule has 0 spiro atoms. The van der Waals surface area contributed by atoms with Gasteiger partial charge in [-0.3, -0.25) is 10.8 Å². The van der Waals surface area contributed by atoms with E-state index in [1.54, 1.807) is 9.80 Å². The number of nitrogens with two attached hydrogens (primary N) is 2. The molecule has 6 N–H and O–H groups in total. The van der Waals surface area contributed by atoms with Gasteiger partial charge in [0.15, 0.2) is 11.9 Å². The van der Waals surface area contributed by atoms with Crippen molar-refractivity contribution in [1.29, 1.82) is 10.8 Å². The quantitative estimate of drug-likeness (QED) is 0.283. The van der Waals surface area contributed by atoms with E-state index in [0.717, 1.165) is 38.8 Å². The Morgan fingerprint density at radius 3 is 1.38 bits per heavy atom. The van der Waals surface area contributed by atoms with E-state index in [9.17, 15) is 0 Å². The largest absolute Gasteiger partial charge is 0.370 e. The van der Waals surface area contributed by atoms with Crippen LogP contribution in [-0.4, -0.2) is 48.9 Å². The van der Waals surface area contributed by atoms with Crippen LogP contribution in [0.1, 0.15) is 25.7 Å². The molecule has 0 fully saturated rings. The predicted octanol–water partition coefficient (Wildman–Crippen LogP) is 0.197. The van der Waals surface area contributed by atoms with Crippen molar-refractivity contribution in [2.45, 2.75) is 25.7 Å². The maximum absolute atomic E-state index is 7.18. The zero-order chi connectivity index (χ0) is 12.6. The molecule has 0 aliphatic rings. The number of guanidine groups is 2. The van der Waals surface area contributed by atoms with Crippen LogP contribution < -0.4 is 11.5 Å². The van der Waals surface area contributed by atoms with Gasteiger partial charge in [0.1, 0.15) is 0 Å². The minimum absolute atomic E-state index is 0.122. The van der Waals surface area contributed by atoms with E-state index in [1.165, 1.54) is 0 Å². The van der Waals surface area contributed by atoms with Crippen LogP contribution in [0, 0.1) is 10.8 Å². The minimum atomic E-state index is 0.122. The van der Waals surface area contributed by atoms with E-state index in [-0.39, 0.29) is 11.9 Å². The van der Waals surface area contributed by atoms with Gasteiger partial charge in [-0.2, -0.15) is 0 Å².